The second-order valence-corrected chi connectivity index (χ2v) is 9.44. The summed E-state index contributed by atoms with van der Waals surface area (Å²) in [5, 5.41) is 3.27. The van der Waals surface area contributed by atoms with E-state index in [9.17, 15) is 9.59 Å². The van der Waals surface area contributed by atoms with Crippen LogP contribution in [0, 0.1) is 6.92 Å². The third kappa shape index (κ3) is 5.54. The molecule has 5 nitrogen and oxygen atoms in total. The number of nitrogens with one attached hydrogen (secondary N) is 1. The number of benzene rings is 2. The lowest BCUT2D eigenvalue weighted by atomic mass is 9.97. The largest absolute Gasteiger partial charge is 0.484 e. The Hall–Kier alpha value is -2.64. The number of aryl methyl sites for hydroxylation is 1. The SMILES string of the molecule is COC(=O)c1c(NC(=O)COc2ccc(Br)cc2)sc(C)c1-c1ccc(C(C)C)cc1. The van der Waals surface area contributed by atoms with E-state index in [-0.39, 0.29) is 12.5 Å². The van der Waals surface area contributed by atoms with Crippen molar-refractivity contribution in [3.8, 4) is 16.9 Å². The molecule has 3 rings (SSSR count). The van der Waals surface area contributed by atoms with Crippen LogP contribution in [0.15, 0.2) is 53.0 Å². The molecule has 1 aromatic heterocycles. The zero-order valence-corrected chi connectivity index (χ0v) is 20.2. The van der Waals surface area contributed by atoms with Crippen LogP contribution in [0.4, 0.5) is 5.00 Å². The molecule has 0 aliphatic heterocycles. The molecule has 0 spiro atoms. The first-order chi connectivity index (χ1) is 14.8. The molecule has 1 heterocycles. The van der Waals surface area contributed by atoms with Crippen molar-refractivity contribution >= 4 is 44.1 Å². The van der Waals surface area contributed by atoms with Crippen LogP contribution < -0.4 is 10.1 Å². The van der Waals surface area contributed by atoms with Crippen LogP contribution in [0.25, 0.3) is 11.1 Å². The Morgan fingerprint density at radius 2 is 1.71 bits per heavy atom. The molecule has 0 bridgehead atoms. The Morgan fingerprint density at radius 1 is 1.06 bits per heavy atom. The molecule has 1 amide bonds. The lowest BCUT2D eigenvalue weighted by molar-refractivity contribution is -0.118. The molecule has 3 aromatic rings. The minimum atomic E-state index is -0.489. The van der Waals surface area contributed by atoms with Gasteiger partial charge in [0.05, 0.1) is 7.11 Å². The van der Waals surface area contributed by atoms with Gasteiger partial charge in [0, 0.05) is 14.9 Å². The Kier molecular flexibility index (Phi) is 7.51. The lowest BCUT2D eigenvalue weighted by Crippen LogP contribution is -2.21. The molecular weight excluding hydrogens is 478 g/mol. The summed E-state index contributed by atoms with van der Waals surface area (Å²) in [5.74, 6) is 0.158. The Balaban J connectivity index is 1.84. The maximum absolute atomic E-state index is 12.6. The lowest BCUT2D eigenvalue weighted by Gasteiger charge is -2.10. The monoisotopic (exact) mass is 501 g/mol. The Morgan fingerprint density at radius 3 is 2.29 bits per heavy atom. The van der Waals surface area contributed by atoms with Crippen molar-refractivity contribution in [3.05, 3.63) is 69.0 Å². The maximum atomic E-state index is 12.6. The van der Waals surface area contributed by atoms with Gasteiger partial charge in [-0.25, -0.2) is 4.79 Å². The van der Waals surface area contributed by atoms with Crippen LogP contribution in [-0.4, -0.2) is 25.6 Å². The van der Waals surface area contributed by atoms with Gasteiger partial charge in [-0.2, -0.15) is 0 Å². The first-order valence-electron chi connectivity index (χ1n) is 9.80. The highest BCUT2D eigenvalue weighted by Crippen LogP contribution is 2.40. The van der Waals surface area contributed by atoms with Crippen molar-refractivity contribution in [1.29, 1.82) is 0 Å². The van der Waals surface area contributed by atoms with Gasteiger partial charge >= 0.3 is 5.97 Å². The van der Waals surface area contributed by atoms with Crippen LogP contribution in [0.2, 0.25) is 0 Å². The van der Waals surface area contributed by atoms with Gasteiger partial charge in [0.15, 0.2) is 6.61 Å². The summed E-state index contributed by atoms with van der Waals surface area (Å²) in [4.78, 5) is 26.0. The van der Waals surface area contributed by atoms with Crippen LogP contribution in [0.5, 0.6) is 5.75 Å². The number of anilines is 1. The van der Waals surface area contributed by atoms with Crippen LogP contribution in [0.3, 0.4) is 0 Å². The highest BCUT2D eigenvalue weighted by atomic mass is 79.9. The fourth-order valence-electron chi connectivity index (χ4n) is 3.15. The molecular formula is C24H24BrNO4S. The third-order valence-electron chi connectivity index (χ3n) is 4.78. The molecule has 0 saturated carbocycles. The molecule has 2 aromatic carbocycles. The van der Waals surface area contributed by atoms with Crippen molar-refractivity contribution < 1.29 is 19.1 Å². The molecule has 0 radical (unpaired) electrons. The number of thiophene rings is 1. The van der Waals surface area contributed by atoms with E-state index >= 15 is 0 Å². The van der Waals surface area contributed by atoms with Gasteiger partial charge in [0.25, 0.3) is 5.91 Å². The fraction of sp³-hybridized carbons (Fsp3) is 0.250. The molecule has 0 aliphatic rings. The highest BCUT2D eigenvalue weighted by Gasteiger charge is 2.25. The van der Waals surface area contributed by atoms with E-state index in [1.54, 1.807) is 12.1 Å². The minimum Gasteiger partial charge on any atom is -0.484 e. The number of ether oxygens (including phenoxy) is 2. The number of halogens is 1. The molecule has 162 valence electrons. The summed E-state index contributed by atoms with van der Waals surface area (Å²) in [5.41, 5.74) is 3.26. The number of esters is 1. The number of methoxy groups -OCH3 is 1. The first-order valence-corrected chi connectivity index (χ1v) is 11.4. The summed E-state index contributed by atoms with van der Waals surface area (Å²) in [6.07, 6.45) is 0. The molecule has 0 saturated heterocycles. The Bertz CT molecular complexity index is 1070. The second kappa shape index (κ2) is 10.1. The Labute approximate surface area is 194 Å². The standard InChI is InChI=1S/C24H24BrNO4S/c1-14(2)16-5-7-17(8-6-16)21-15(3)31-23(22(21)24(28)29-4)26-20(27)13-30-19-11-9-18(25)10-12-19/h5-12,14H,13H2,1-4H3,(H,26,27). The molecule has 0 atom stereocenters. The quantitative estimate of drug-likeness (QED) is 0.379. The van der Waals surface area contributed by atoms with Crippen LogP contribution in [-0.2, 0) is 9.53 Å². The normalized spacial score (nSPS) is 10.8. The predicted octanol–water partition coefficient (Wildman–Crippen LogP) is 6.41. The number of hydrogen-bond acceptors (Lipinski definition) is 5. The number of rotatable bonds is 7. The van der Waals surface area contributed by atoms with Gasteiger partial charge in [-0.3, -0.25) is 4.79 Å². The average molecular weight is 502 g/mol. The van der Waals surface area contributed by atoms with E-state index in [1.807, 2.05) is 31.2 Å². The number of carbonyl (C=O) groups is 2. The van der Waals surface area contributed by atoms with Crippen molar-refractivity contribution in [3.63, 3.8) is 0 Å². The van der Waals surface area contributed by atoms with Crippen molar-refractivity contribution in [2.75, 3.05) is 19.0 Å². The molecule has 1 N–H and O–H groups in total. The summed E-state index contributed by atoms with van der Waals surface area (Å²) in [7, 11) is 1.34. The van der Waals surface area contributed by atoms with Crippen LogP contribution in [0.1, 0.15) is 40.6 Å². The van der Waals surface area contributed by atoms with Gasteiger partial charge in [0.2, 0.25) is 0 Å². The smallest absolute Gasteiger partial charge is 0.341 e. The van der Waals surface area contributed by atoms with Gasteiger partial charge in [-0.1, -0.05) is 54.0 Å². The van der Waals surface area contributed by atoms with E-state index in [2.05, 4.69) is 47.2 Å². The molecule has 7 heteroatoms. The van der Waals surface area contributed by atoms with Gasteiger partial charge in [-0.05, 0) is 48.2 Å². The number of hydrogen-bond donors (Lipinski definition) is 1. The molecule has 31 heavy (non-hydrogen) atoms. The van der Waals surface area contributed by atoms with E-state index < -0.39 is 5.97 Å². The average Bonchev–Trinajstić information content (AvgIpc) is 3.08. The maximum Gasteiger partial charge on any atom is 0.341 e. The van der Waals surface area contributed by atoms with E-state index in [1.165, 1.54) is 24.0 Å². The molecule has 0 unspecified atom stereocenters. The minimum absolute atomic E-state index is 0.169. The molecule has 0 fully saturated rings. The zero-order chi connectivity index (χ0) is 22.5. The van der Waals surface area contributed by atoms with E-state index in [4.69, 9.17) is 9.47 Å². The fourth-order valence-corrected chi connectivity index (χ4v) is 4.50. The van der Waals surface area contributed by atoms with Gasteiger partial charge in [-0.15, -0.1) is 11.3 Å². The van der Waals surface area contributed by atoms with Crippen molar-refractivity contribution in [1.82, 2.24) is 0 Å². The van der Waals surface area contributed by atoms with E-state index in [0.717, 1.165) is 20.5 Å². The summed E-state index contributed by atoms with van der Waals surface area (Å²) in [6.45, 7) is 6.03. The predicted molar refractivity (Wildman–Crippen MR) is 128 cm³/mol. The van der Waals surface area contributed by atoms with Crippen LogP contribution >= 0.6 is 27.3 Å². The third-order valence-corrected chi connectivity index (χ3v) is 6.33. The summed E-state index contributed by atoms with van der Waals surface area (Å²) < 4.78 is 11.5. The van der Waals surface area contributed by atoms with Crippen molar-refractivity contribution in [2.24, 2.45) is 0 Å². The van der Waals surface area contributed by atoms with E-state index in [0.29, 0.717) is 22.2 Å². The topological polar surface area (TPSA) is 64.6 Å². The molecule has 0 aliphatic carbocycles. The second-order valence-electron chi connectivity index (χ2n) is 7.30. The highest BCUT2D eigenvalue weighted by molar-refractivity contribution is 9.10. The van der Waals surface area contributed by atoms with Gasteiger partial charge in [0.1, 0.15) is 16.3 Å². The first kappa shape index (κ1) is 23.0. The van der Waals surface area contributed by atoms with Gasteiger partial charge < -0.3 is 14.8 Å². The summed E-state index contributed by atoms with van der Waals surface area (Å²) >= 11 is 4.71. The van der Waals surface area contributed by atoms with Crippen molar-refractivity contribution in [2.45, 2.75) is 26.7 Å². The zero-order valence-electron chi connectivity index (χ0n) is 17.8. The number of carbonyl (C=O) groups excluding carboxylic acids is 2. The summed E-state index contributed by atoms with van der Waals surface area (Å²) in [6, 6.07) is 15.3. The number of amides is 1.